The van der Waals surface area contributed by atoms with Crippen molar-refractivity contribution >= 4 is 0 Å². The number of furan rings is 1. The highest BCUT2D eigenvalue weighted by Gasteiger charge is 2.13. The minimum absolute atomic E-state index is 0.228. The lowest BCUT2D eigenvalue weighted by Gasteiger charge is -2.15. The van der Waals surface area contributed by atoms with Crippen molar-refractivity contribution in [2.24, 2.45) is 5.73 Å². The highest BCUT2D eigenvalue weighted by Crippen LogP contribution is 2.32. The second-order valence-electron chi connectivity index (χ2n) is 4.11. The van der Waals surface area contributed by atoms with Gasteiger partial charge in [0.1, 0.15) is 0 Å². The minimum Gasteiger partial charge on any atom is -0.490 e. The third-order valence-corrected chi connectivity index (χ3v) is 2.83. The number of benzene rings is 1. The molecule has 0 aliphatic carbocycles. The quantitative estimate of drug-likeness (QED) is 0.868. The van der Waals surface area contributed by atoms with Crippen LogP contribution in [0.5, 0.6) is 11.5 Å². The molecule has 0 spiro atoms. The number of nitrogens with two attached hydrogens (primary N) is 1. The first kappa shape index (κ1) is 13.5. The van der Waals surface area contributed by atoms with Crippen molar-refractivity contribution in [1.29, 1.82) is 0 Å². The van der Waals surface area contributed by atoms with Crippen LogP contribution < -0.4 is 15.2 Å². The molecule has 0 saturated heterocycles. The smallest absolute Gasteiger partial charge is 0.161 e. The highest BCUT2D eigenvalue weighted by molar-refractivity contribution is 5.45. The summed E-state index contributed by atoms with van der Waals surface area (Å²) in [6.45, 7) is 5.08. The monoisotopic (exact) mass is 261 g/mol. The van der Waals surface area contributed by atoms with E-state index in [4.69, 9.17) is 19.6 Å². The number of hydrogen-bond donors (Lipinski definition) is 1. The van der Waals surface area contributed by atoms with E-state index in [-0.39, 0.29) is 6.04 Å². The molecule has 0 saturated carbocycles. The van der Waals surface area contributed by atoms with Gasteiger partial charge in [0.15, 0.2) is 11.5 Å². The third-order valence-electron chi connectivity index (χ3n) is 2.83. The van der Waals surface area contributed by atoms with Crippen LogP contribution in [0.15, 0.2) is 41.2 Å². The van der Waals surface area contributed by atoms with Crippen LogP contribution in [-0.4, -0.2) is 13.2 Å². The second kappa shape index (κ2) is 6.29. The molecule has 2 N–H and O–H groups in total. The van der Waals surface area contributed by atoms with E-state index < -0.39 is 0 Å². The Morgan fingerprint density at radius 1 is 1.05 bits per heavy atom. The summed E-state index contributed by atoms with van der Waals surface area (Å²) in [6.07, 6.45) is 3.27. The van der Waals surface area contributed by atoms with Crippen LogP contribution in [0, 0.1) is 0 Å². The molecule has 2 rings (SSSR count). The molecule has 0 aliphatic heterocycles. The molecule has 1 heterocycles. The van der Waals surface area contributed by atoms with Crippen LogP contribution in [0.1, 0.15) is 31.0 Å². The molecule has 1 atom stereocenters. The van der Waals surface area contributed by atoms with Gasteiger partial charge in [-0.2, -0.15) is 0 Å². The van der Waals surface area contributed by atoms with Crippen molar-refractivity contribution in [3.63, 3.8) is 0 Å². The van der Waals surface area contributed by atoms with Gasteiger partial charge in [-0.05, 0) is 37.6 Å². The standard InChI is InChI=1S/C15H19NO3/c1-3-18-13-6-5-11(9-14(13)19-4-2)15(16)12-7-8-17-10-12/h5-10,15H,3-4,16H2,1-2H3. The summed E-state index contributed by atoms with van der Waals surface area (Å²) in [4.78, 5) is 0. The molecule has 4 heteroatoms. The van der Waals surface area contributed by atoms with Crippen LogP contribution in [-0.2, 0) is 0 Å². The third kappa shape index (κ3) is 3.09. The first-order valence-corrected chi connectivity index (χ1v) is 6.43. The highest BCUT2D eigenvalue weighted by atomic mass is 16.5. The largest absolute Gasteiger partial charge is 0.490 e. The summed E-state index contributed by atoms with van der Waals surface area (Å²) in [6, 6.07) is 7.40. The van der Waals surface area contributed by atoms with E-state index >= 15 is 0 Å². The molecule has 1 aromatic carbocycles. The fraction of sp³-hybridized carbons (Fsp3) is 0.333. The van der Waals surface area contributed by atoms with Crippen molar-refractivity contribution in [3.8, 4) is 11.5 Å². The van der Waals surface area contributed by atoms with Crippen LogP contribution in [0.2, 0.25) is 0 Å². The Labute approximate surface area is 113 Å². The molecule has 2 aromatic rings. The second-order valence-corrected chi connectivity index (χ2v) is 4.11. The molecule has 0 radical (unpaired) electrons. The Balaban J connectivity index is 2.29. The van der Waals surface area contributed by atoms with Crippen molar-refractivity contribution in [1.82, 2.24) is 0 Å². The van der Waals surface area contributed by atoms with Gasteiger partial charge in [0.05, 0.1) is 31.8 Å². The maximum atomic E-state index is 6.19. The minimum atomic E-state index is -0.228. The van der Waals surface area contributed by atoms with Gasteiger partial charge in [-0.3, -0.25) is 0 Å². The molecule has 0 amide bonds. The Kier molecular flexibility index (Phi) is 4.47. The van der Waals surface area contributed by atoms with Crippen LogP contribution in [0.25, 0.3) is 0 Å². The van der Waals surface area contributed by atoms with E-state index in [1.807, 2.05) is 38.1 Å². The molecule has 102 valence electrons. The predicted molar refractivity (Wildman–Crippen MR) is 73.5 cm³/mol. The lowest BCUT2D eigenvalue weighted by Crippen LogP contribution is -2.11. The molecule has 4 nitrogen and oxygen atoms in total. The van der Waals surface area contributed by atoms with Gasteiger partial charge in [-0.1, -0.05) is 6.07 Å². The van der Waals surface area contributed by atoms with E-state index in [2.05, 4.69) is 0 Å². The predicted octanol–water partition coefficient (Wildman–Crippen LogP) is 3.13. The summed E-state index contributed by atoms with van der Waals surface area (Å²) < 4.78 is 16.2. The van der Waals surface area contributed by atoms with Gasteiger partial charge in [-0.15, -0.1) is 0 Å². The molecule has 1 aromatic heterocycles. The van der Waals surface area contributed by atoms with Crippen LogP contribution in [0.3, 0.4) is 0 Å². The summed E-state index contributed by atoms with van der Waals surface area (Å²) in [5.74, 6) is 1.47. The van der Waals surface area contributed by atoms with Gasteiger partial charge in [-0.25, -0.2) is 0 Å². The Bertz CT molecular complexity index is 508. The SMILES string of the molecule is CCOc1ccc(C(N)c2ccoc2)cc1OCC. The van der Waals surface area contributed by atoms with Gasteiger partial charge in [0, 0.05) is 5.56 Å². The van der Waals surface area contributed by atoms with E-state index in [0.717, 1.165) is 22.6 Å². The summed E-state index contributed by atoms with van der Waals surface area (Å²) in [5.41, 5.74) is 8.10. The van der Waals surface area contributed by atoms with E-state index in [1.165, 1.54) is 0 Å². The fourth-order valence-corrected chi connectivity index (χ4v) is 1.91. The van der Waals surface area contributed by atoms with Crippen LogP contribution in [0.4, 0.5) is 0 Å². The van der Waals surface area contributed by atoms with E-state index in [9.17, 15) is 0 Å². The Hall–Kier alpha value is -1.94. The lowest BCUT2D eigenvalue weighted by atomic mass is 10.0. The van der Waals surface area contributed by atoms with Gasteiger partial charge < -0.3 is 19.6 Å². The van der Waals surface area contributed by atoms with E-state index in [0.29, 0.717) is 13.2 Å². The van der Waals surface area contributed by atoms with Gasteiger partial charge in [0.2, 0.25) is 0 Å². The van der Waals surface area contributed by atoms with E-state index in [1.54, 1.807) is 12.5 Å². The van der Waals surface area contributed by atoms with Crippen molar-refractivity contribution < 1.29 is 13.9 Å². The topological polar surface area (TPSA) is 57.6 Å². The Morgan fingerprint density at radius 3 is 2.42 bits per heavy atom. The van der Waals surface area contributed by atoms with Crippen molar-refractivity contribution in [2.75, 3.05) is 13.2 Å². The molecule has 19 heavy (non-hydrogen) atoms. The number of ether oxygens (including phenoxy) is 2. The maximum absolute atomic E-state index is 6.19. The molecule has 0 bridgehead atoms. The molecular weight excluding hydrogens is 242 g/mol. The maximum Gasteiger partial charge on any atom is 0.161 e. The fourth-order valence-electron chi connectivity index (χ4n) is 1.91. The average molecular weight is 261 g/mol. The molecule has 0 fully saturated rings. The molecular formula is C15H19NO3. The normalized spacial score (nSPS) is 12.2. The van der Waals surface area contributed by atoms with Crippen molar-refractivity contribution in [2.45, 2.75) is 19.9 Å². The first-order chi connectivity index (χ1) is 9.26. The Morgan fingerprint density at radius 2 is 1.79 bits per heavy atom. The average Bonchev–Trinajstić information content (AvgIpc) is 2.94. The zero-order chi connectivity index (χ0) is 13.7. The zero-order valence-electron chi connectivity index (χ0n) is 11.3. The summed E-state index contributed by atoms with van der Waals surface area (Å²) >= 11 is 0. The first-order valence-electron chi connectivity index (χ1n) is 6.43. The summed E-state index contributed by atoms with van der Waals surface area (Å²) in [5, 5.41) is 0. The lowest BCUT2D eigenvalue weighted by molar-refractivity contribution is 0.287. The molecule has 1 unspecified atom stereocenters. The number of rotatable bonds is 6. The summed E-state index contributed by atoms with van der Waals surface area (Å²) in [7, 11) is 0. The van der Waals surface area contributed by atoms with Crippen molar-refractivity contribution in [3.05, 3.63) is 47.9 Å². The van der Waals surface area contributed by atoms with Gasteiger partial charge in [0.25, 0.3) is 0 Å². The van der Waals surface area contributed by atoms with Gasteiger partial charge >= 0.3 is 0 Å². The van der Waals surface area contributed by atoms with Crippen LogP contribution >= 0.6 is 0 Å². The number of hydrogen-bond acceptors (Lipinski definition) is 4. The molecule has 0 aliphatic rings. The zero-order valence-corrected chi connectivity index (χ0v) is 11.3.